The van der Waals surface area contributed by atoms with Crippen LogP contribution in [0.5, 0.6) is 0 Å². The molecule has 1 aromatic rings. The van der Waals surface area contributed by atoms with Gasteiger partial charge < -0.3 is 14.6 Å². The molecule has 1 unspecified atom stereocenters. The number of carbonyl (C=O) groups excluding carboxylic acids is 2. The number of hydrogen-bond donors (Lipinski definition) is 1. The second-order valence-corrected chi connectivity index (χ2v) is 13.5. The number of fused-ring (bicyclic) bond motifs is 1. The van der Waals surface area contributed by atoms with E-state index in [1.54, 1.807) is 11.6 Å². The summed E-state index contributed by atoms with van der Waals surface area (Å²) < 4.78 is 52.7. The van der Waals surface area contributed by atoms with Crippen molar-refractivity contribution in [3.05, 3.63) is 31.9 Å². The maximum Gasteiger partial charge on any atom is 0.294 e. The van der Waals surface area contributed by atoms with E-state index in [0.717, 1.165) is 6.07 Å². The number of rotatable bonds is 14. The van der Waals surface area contributed by atoms with E-state index in [0.29, 0.717) is 11.3 Å². The summed E-state index contributed by atoms with van der Waals surface area (Å²) in [5.41, 5.74) is 0.104. The summed E-state index contributed by atoms with van der Waals surface area (Å²) in [6.45, 7) is 2.55. The molecule has 2 amide bonds. The Kier molecular flexibility index (Phi) is 10.2. The Hall–Kier alpha value is -3.06. The van der Waals surface area contributed by atoms with Crippen LogP contribution in [0.2, 0.25) is 0 Å². The molecular weight excluding hydrogens is 560 g/mol. The van der Waals surface area contributed by atoms with Crippen LogP contribution in [-0.2, 0) is 39.1 Å². The quantitative estimate of drug-likeness (QED) is 0.183. The van der Waals surface area contributed by atoms with Gasteiger partial charge in [-0.25, -0.2) is 21.6 Å². The molecule has 2 atom stereocenters. The molecular formula is C18H26N4O12S3. The van der Waals surface area contributed by atoms with Crippen molar-refractivity contribution in [3.63, 3.8) is 0 Å². The molecule has 2 rings (SSSR count). The highest BCUT2D eigenvalue weighted by atomic mass is 32.3. The normalized spacial score (nSPS) is 18.3. The fraction of sp³-hybridized carbons (Fsp3) is 0.667. The van der Waals surface area contributed by atoms with E-state index in [-0.39, 0.29) is 48.6 Å². The van der Waals surface area contributed by atoms with Gasteiger partial charge in [-0.3, -0.25) is 9.59 Å². The highest BCUT2D eigenvalue weighted by Gasteiger charge is 2.42. The smallest absolute Gasteiger partial charge is 0.294 e. The van der Waals surface area contributed by atoms with Crippen LogP contribution in [0.15, 0.2) is 14.5 Å². The van der Waals surface area contributed by atoms with Gasteiger partial charge in [0.25, 0.3) is 20.2 Å². The van der Waals surface area contributed by atoms with E-state index in [4.69, 9.17) is 0 Å². The van der Waals surface area contributed by atoms with Crippen molar-refractivity contribution >= 4 is 43.0 Å². The third kappa shape index (κ3) is 7.71. The van der Waals surface area contributed by atoms with Crippen LogP contribution in [0.3, 0.4) is 0 Å². The summed E-state index contributed by atoms with van der Waals surface area (Å²) in [4.78, 5) is 54.9. The first-order chi connectivity index (χ1) is 17.2. The lowest BCUT2D eigenvalue weighted by atomic mass is 10.0. The van der Waals surface area contributed by atoms with Crippen LogP contribution < -0.4 is 4.72 Å². The monoisotopic (exact) mass is 586 g/mol. The Morgan fingerprint density at radius 1 is 1.16 bits per heavy atom. The SMILES string of the molecule is CCN(C(=O)CCCO[N+](=O)[O-])[C@H]1CC(C)S(=O)(=O)c2sc(S(=O)(=O)NC(=O)CCCO[N+](=O)[O-])cc21. The number of nitrogens with one attached hydrogen (secondary N) is 1. The third-order valence-corrected chi connectivity index (χ3v) is 11.2. The second kappa shape index (κ2) is 12.5. The van der Waals surface area contributed by atoms with Crippen molar-refractivity contribution in [1.29, 1.82) is 0 Å². The number of thiophene rings is 1. The van der Waals surface area contributed by atoms with Crippen LogP contribution in [0.25, 0.3) is 0 Å². The predicted molar refractivity (Wildman–Crippen MR) is 125 cm³/mol. The zero-order chi connectivity index (χ0) is 28.0. The fourth-order valence-electron chi connectivity index (χ4n) is 3.70. The van der Waals surface area contributed by atoms with Gasteiger partial charge in [-0.1, -0.05) is 0 Å². The van der Waals surface area contributed by atoms with E-state index < -0.39 is 70.4 Å². The van der Waals surface area contributed by atoms with Gasteiger partial charge in [-0.05, 0) is 39.2 Å². The lowest BCUT2D eigenvalue weighted by Gasteiger charge is -2.36. The Bertz CT molecular complexity index is 1240. The number of sulfone groups is 1. The standard InChI is InChI=1S/C18H26N4O12S3/c1-3-20(16(24)7-5-9-34-22(27)28)14-10-12(2)36(29,30)18-13(14)11-17(35-18)37(31,32)19-15(23)6-4-8-33-21(25)26/h11-12,14H,3-10H2,1-2H3,(H,19,23)/t12?,14-/m0/s1. The van der Waals surface area contributed by atoms with E-state index in [9.17, 15) is 46.7 Å². The molecule has 0 aromatic carbocycles. The lowest BCUT2D eigenvalue weighted by Crippen LogP contribution is -2.40. The van der Waals surface area contributed by atoms with Crippen LogP contribution in [0.4, 0.5) is 0 Å². The molecule has 0 bridgehead atoms. The highest BCUT2D eigenvalue weighted by molar-refractivity contribution is 7.95. The van der Waals surface area contributed by atoms with Crippen LogP contribution >= 0.6 is 11.3 Å². The van der Waals surface area contributed by atoms with Gasteiger partial charge in [-0.15, -0.1) is 31.6 Å². The van der Waals surface area contributed by atoms with E-state index >= 15 is 0 Å². The summed E-state index contributed by atoms with van der Waals surface area (Å²) in [5.74, 6) is -1.38. The minimum Gasteiger partial charge on any atom is -0.336 e. The van der Waals surface area contributed by atoms with Crippen LogP contribution in [0.1, 0.15) is 57.6 Å². The first-order valence-electron chi connectivity index (χ1n) is 11.0. The van der Waals surface area contributed by atoms with Crippen LogP contribution in [-0.4, -0.2) is 68.7 Å². The van der Waals surface area contributed by atoms with Crippen molar-refractivity contribution in [2.24, 2.45) is 0 Å². The Morgan fingerprint density at radius 2 is 1.73 bits per heavy atom. The summed E-state index contributed by atoms with van der Waals surface area (Å²) in [5, 5.41) is 17.5. The first-order valence-corrected chi connectivity index (χ1v) is 14.8. The molecule has 1 N–H and O–H groups in total. The van der Waals surface area contributed by atoms with Gasteiger partial charge in [0.1, 0.15) is 8.42 Å². The second-order valence-electron chi connectivity index (χ2n) is 7.94. The van der Waals surface area contributed by atoms with Gasteiger partial charge in [0.05, 0.1) is 24.5 Å². The fourth-order valence-corrected chi connectivity index (χ4v) is 8.69. The molecule has 0 radical (unpaired) electrons. The largest absolute Gasteiger partial charge is 0.336 e. The zero-order valence-electron chi connectivity index (χ0n) is 19.9. The number of sulfonamides is 1. The lowest BCUT2D eigenvalue weighted by molar-refractivity contribution is -0.757. The van der Waals surface area contributed by atoms with Gasteiger partial charge in [0.15, 0.2) is 9.84 Å². The van der Waals surface area contributed by atoms with Gasteiger partial charge >= 0.3 is 0 Å². The minimum absolute atomic E-state index is 0.000657. The highest BCUT2D eigenvalue weighted by Crippen LogP contribution is 2.45. The Labute approximate surface area is 216 Å². The summed E-state index contributed by atoms with van der Waals surface area (Å²) >= 11 is 0.458. The Morgan fingerprint density at radius 3 is 2.27 bits per heavy atom. The van der Waals surface area contributed by atoms with Crippen LogP contribution in [0, 0.1) is 20.2 Å². The third-order valence-electron chi connectivity index (χ3n) is 5.43. The summed E-state index contributed by atoms with van der Waals surface area (Å²) in [6, 6.07) is 0.336. The minimum atomic E-state index is -4.48. The molecule has 0 fully saturated rings. The molecule has 0 saturated carbocycles. The maximum absolute atomic E-state index is 13.0. The van der Waals surface area contributed by atoms with Gasteiger partial charge in [-0.2, -0.15) is 0 Å². The molecule has 0 aliphatic carbocycles. The molecule has 37 heavy (non-hydrogen) atoms. The van der Waals surface area contributed by atoms with Crippen molar-refractivity contribution in [3.8, 4) is 0 Å². The predicted octanol–water partition coefficient (Wildman–Crippen LogP) is 0.986. The van der Waals surface area contributed by atoms with Crippen molar-refractivity contribution in [2.75, 3.05) is 19.8 Å². The van der Waals surface area contributed by atoms with Gasteiger partial charge in [0.2, 0.25) is 11.8 Å². The number of hydrogen-bond acceptors (Lipinski definition) is 13. The van der Waals surface area contributed by atoms with Crippen molar-refractivity contribution < 1.29 is 46.3 Å². The molecule has 0 spiro atoms. The molecule has 1 aromatic heterocycles. The Balaban J connectivity index is 2.27. The van der Waals surface area contributed by atoms with E-state index in [2.05, 4.69) is 9.68 Å². The van der Waals surface area contributed by atoms with Crippen molar-refractivity contribution in [1.82, 2.24) is 9.62 Å². The number of nitrogens with zero attached hydrogens (tertiary/aromatic N) is 3. The molecule has 1 aliphatic heterocycles. The average molecular weight is 587 g/mol. The summed E-state index contributed by atoms with van der Waals surface area (Å²) in [6.07, 6.45) is -0.586. The topological polar surface area (TPSA) is 222 Å². The van der Waals surface area contributed by atoms with Gasteiger partial charge in [0, 0.05) is 24.9 Å². The van der Waals surface area contributed by atoms with E-state index in [1.807, 2.05) is 0 Å². The molecule has 16 nitrogen and oxygen atoms in total. The maximum atomic E-state index is 13.0. The molecule has 0 saturated heterocycles. The number of carbonyl (C=O) groups is 2. The molecule has 2 heterocycles. The molecule has 208 valence electrons. The number of amides is 2. The van der Waals surface area contributed by atoms with E-state index in [1.165, 1.54) is 11.8 Å². The van der Waals surface area contributed by atoms with Crippen molar-refractivity contribution in [2.45, 2.75) is 65.7 Å². The molecule has 1 aliphatic rings. The first kappa shape index (κ1) is 30.2. The zero-order valence-corrected chi connectivity index (χ0v) is 22.3. The summed E-state index contributed by atoms with van der Waals surface area (Å²) in [7, 11) is -8.40. The molecule has 19 heteroatoms. The average Bonchev–Trinajstić information content (AvgIpc) is 3.26.